The Morgan fingerprint density at radius 3 is 2.81 bits per heavy atom. The van der Waals surface area contributed by atoms with E-state index in [4.69, 9.17) is 5.11 Å². The molecule has 0 aliphatic heterocycles. The van der Waals surface area contributed by atoms with Gasteiger partial charge in [-0.1, -0.05) is 0 Å². The van der Waals surface area contributed by atoms with Crippen LogP contribution in [0.2, 0.25) is 0 Å². The number of aliphatic carboxylic acids is 1. The van der Waals surface area contributed by atoms with Crippen LogP contribution in [-0.4, -0.2) is 23.0 Å². The van der Waals surface area contributed by atoms with E-state index in [2.05, 4.69) is 5.32 Å². The molecule has 0 aliphatic carbocycles. The molecule has 1 atom stereocenters. The lowest BCUT2D eigenvalue weighted by molar-refractivity contribution is -0.138. The van der Waals surface area contributed by atoms with Gasteiger partial charge in [0.1, 0.15) is 6.04 Å². The third-order valence-electron chi connectivity index (χ3n) is 2.08. The summed E-state index contributed by atoms with van der Waals surface area (Å²) in [6, 6.07) is 2.86. The molecule has 6 heteroatoms. The van der Waals surface area contributed by atoms with E-state index in [1.807, 2.05) is 11.4 Å². The number of carboxylic acids is 1. The SMILES string of the molecule is C[C@H](NC(=O)c1cc2sccc2s1)C(=O)O. The van der Waals surface area contributed by atoms with Crippen molar-refractivity contribution in [3.63, 3.8) is 0 Å². The van der Waals surface area contributed by atoms with Gasteiger partial charge in [-0.15, -0.1) is 22.7 Å². The molecule has 0 bridgehead atoms. The van der Waals surface area contributed by atoms with Crippen molar-refractivity contribution in [2.45, 2.75) is 13.0 Å². The zero-order valence-electron chi connectivity index (χ0n) is 8.39. The van der Waals surface area contributed by atoms with Crippen LogP contribution in [0.1, 0.15) is 16.6 Å². The number of nitrogens with one attached hydrogen (secondary N) is 1. The highest BCUT2D eigenvalue weighted by atomic mass is 32.1. The topological polar surface area (TPSA) is 66.4 Å². The average molecular weight is 255 g/mol. The van der Waals surface area contributed by atoms with E-state index in [0.717, 1.165) is 9.40 Å². The summed E-state index contributed by atoms with van der Waals surface area (Å²) in [6.07, 6.45) is 0. The van der Waals surface area contributed by atoms with E-state index in [1.165, 1.54) is 18.3 Å². The van der Waals surface area contributed by atoms with Crippen molar-refractivity contribution in [3.8, 4) is 0 Å². The summed E-state index contributed by atoms with van der Waals surface area (Å²) in [5.74, 6) is -1.37. The van der Waals surface area contributed by atoms with Crippen molar-refractivity contribution >= 4 is 43.9 Å². The van der Waals surface area contributed by atoms with Crippen molar-refractivity contribution in [3.05, 3.63) is 22.4 Å². The monoisotopic (exact) mass is 255 g/mol. The predicted molar refractivity (Wildman–Crippen MR) is 64.3 cm³/mol. The minimum Gasteiger partial charge on any atom is -0.480 e. The first-order valence-corrected chi connectivity index (χ1v) is 6.28. The summed E-state index contributed by atoms with van der Waals surface area (Å²) in [7, 11) is 0. The molecule has 0 aliphatic rings. The summed E-state index contributed by atoms with van der Waals surface area (Å²) in [5, 5.41) is 13.1. The standard InChI is InChI=1S/C10H9NO3S2/c1-5(10(13)14)11-9(12)8-4-7-6(16-8)2-3-15-7/h2-5H,1H3,(H,11,12)(H,13,14)/t5-/m0/s1. The fraction of sp³-hybridized carbons (Fsp3) is 0.200. The van der Waals surface area contributed by atoms with E-state index >= 15 is 0 Å². The molecule has 2 aromatic rings. The van der Waals surface area contributed by atoms with E-state index in [9.17, 15) is 9.59 Å². The number of carboxylic acid groups (broad SMARTS) is 1. The van der Waals surface area contributed by atoms with Gasteiger partial charge in [0.15, 0.2) is 0 Å². The Morgan fingerprint density at radius 2 is 2.19 bits per heavy atom. The average Bonchev–Trinajstić information content (AvgIpc) is 2.75. The first kappa shape index (κ1) is 11.1. The van der Waals surface area contributed by atoms with Crippen LogP contribution in [0.5, 0.6) is 0 Å². The molecule has 0 spiro atoms. The molecule has 0 radical (unpaired) electrons. The summed E-state index contributed by atoms with van der Waals surface area (Å²) < 4.78 is 2.11. The lowest BCUT2D eigenvalue weighted by Gasteiger charge is -2.07. The molecule has 0 saturated carbocycles. The van der Waals surface area contributed by atoms with Crippen molar-refractivity contribution in [1.29, 1.82) is 0 Å². The highest BCUT2D eigenvalue weighted by Crippen LogP contribution is 2.29. The van der Waals surface area contributed by atoms with Gasteiger partial charge in [-0.05, 0) is 24.4 Å². The normalized spacial score (nSPS) is 12.6. The fourth-order valence-corrected chi connectivity index (χ4v) is 3.22. The van der Waals surface area contributed by atoms with Crippen LogP contribution in [-0.2, 0) is 4.79 Å². The molecule has 2 N–H and O–H groups in total. The number of carbonyl (C=O) groups is 2. The Hall–Kier alpha value is -1.40. The Labute approximate surface area is 99.5 Å². The highest BCUT2D eigenvalue weighted by molar-refractivity contribution is 7.27. The minimum atomic E-state index is -1.04. The Kier molecular flexibility index (Phi) is 2.93. The van der Waals surface area contributed by atoms with Crippen molar-refractivity contribution < 1.29 is 14.7 Å². The molecule has 4 nitrogen and oxygen atoms in total. The van der Waals surface area contributed by atoms with Crippen molar-refractivity contribution in [2.24, 2.45) is 0 Å². The largest absolute Gasteiger partial charge is 0.480 e. The van der Waals surface area contributed by atoms with E-state index < -0.39 is 12.0 Å². The first-order valence-electron chi connectivity index (χ1n) is 4.58. The molecule has 16 heavy (non-hydrogen) atoms. The van der Waals surface area contributed by atoms with Gasteiger partial charge in [-0.3, -0.25) is 9.59 Å². The maximum Gasteiger partial charge on any atom is 0.325 e. The number of carbonyl (C=O) groups excluding carboxylic acids is 1. The van der Waals surface area contributed by atoms with Crippen LogP contribution < -0.4 is 5.32 Å². The second-order valence-corrected chi connectivity index (χ2v) is 5.32. The maximum atomic E-state index is 11.7. The quantitative estimate of drug-likeness (QED) is 0.883. The summed E-state index contributed by atoms with van der Waals surface area (Å²) in [4.78, 5) is 22.8. The highest BCUT2D eigenvalue weighted by Gasteiger charge is 2.17. The second-order valence-electron chi connectivity index (χ2n) is 3.29. The molecule has 0 aromatic carbocycles. The van der Waals surface area contributed by atoms with Gasteiger partial charge in [-0.25, -0.2) is 0 Å². The molecule has 0 unspecified atom stereocenters. The van der Waals surface area contributed by atoms with E-state index in [0.29, 0.717) is 4.88 Å². The van der Waals surface area contributed by atoms with Gasteiger partial charge in [0.2, 0.25) is 0 Å². The number of thiophene rings is 2. The molecular formula is C10H9NO3S2. The van der Waals surface area contributed by atoms with Gasteiger partial charge in [0.05, 0.1) is 4.88 Å². The first-order chi connectivity index (χ1) is 7.58. The van der Waals surface area contributed by atoms with E-state index in [1.54, 1.807) is 17.4 Å². The van der Waals surface area contributed by atoms with Gasteiger partial charge in [0, 0.05) is 9.40 Å². The maximum absolute atomic E-state index is 11.7. The number of rotatable bonds is 3. The van der Waals surface area contributed by atoms with Crippen LogP contribution >= 0.6 is 22.7 Å². The molecule has 2 aromatic heterocycles. The Bertz CT molecular complexity index is 514. The van der Waals surface area contributed by atoms with Gasteiger partial charge >= 0.3 is 5.97 Å². The fourth-order valence-electron chi connectivity index (χ4n) is 1.21. The van der Waals surface area contributed by atoms with Crippen LogP contribution in [0.25, 0.3) is 9.40 Å². The summed E-state index contributed by atoms with van der Waals surface area (Å²) >= 11 is 2.94. The lowest BCUT2D eigenvalue weighted by atomic mass is 10.3. The third kappa shape index (κ3) is 2.07. The number of fused-ring (bicyclic) bond motifs is 1. The predicted octanol–water partition coefficient (Wildman–Crippen LogP) is 2.17. The third-order valence-corrected chi connectivity index (χ3v) is 4.17. The van der Waals surface area contributed by atoms with Gasteiger partial charge in [0.25, 0.3) is 5.91 Å². The minimum absolute atomic E-state index is 0.330. The lowest BCUT2D eigenvalue weighted by Crippen LogP contribution is -2.37. The van der Waals surface area contributed by atoms with Crippen LogP contribution in [0, 0.1) is 0 Å². The number of amides is 1. The van der Waals surface area contributed by atoms with Crippen LogP contribution in [0.3, 0.4) is 0 Å². The molecule has 0 saturated heterocycles. The molecular weight excluding hydrogens is 246 g/mol. The summed E-state index contributed by atoms with van der Waals surface area (Å²) in [6.45, 7) is 1.44. The number of hydrogen-bond donors (Lipinski definition) is 2. The molecule has 2 heterocycles. The zero-order chi connectivity index (χ0) is 11.7. The molecule has 2 rings (SSSR count). The Balaban J connectivity index is 2.16. The summed E-state index contributed by atoms with van der Waals surface area (Å²) in [5.41, 5.74) is 0. The van der Waals surface area contributed by atoms with Crippen molar-refractivity contribution in [2.75, 3.05) is 0 Å². The molecule has 84 valence electrons. The van der Waals surface area contributed by atoms with Gasteiger partial charge < -0.3 is 10.4 Å². The molecule has 1 amide bonds. The number of hydrogen-bond acceptors (Lipinski definition) is 4. The van der Waals surface area contributed by atoms with Crippen LogP contribution in [0.4, 0.5) is 0 Å². The zero-order valence-corrected chi connectivity index (χ0v) is 10.0. The second kappa shape index (κ2) is 4.23. The van der Waals surface area contributed by atoms with Gasteiger partial charge in [-0.2, -0.15) is 0 Å². The smallest absolute Gasteiger partial charge is 0.325 e. The van der Waals surface area contributed by atoms with Crippen LogP contribution in [0.15, 0.2) is 17.5 Å². The van der Waals surface area contributed by atoms with E-state index in [-0.39, 0.29) is 5.91 Å². The molecule has 0 fully saturated rings. The Morgan fingerprint density at radius 1 is 1.44 bits per heavy atom. The van der Waals surface area contributed by atoms with Crippen molar-refractivity contribution in [1.82, 2.24) is 5.32 Å².